The molecule has 0 saturated heterocycles. The van der Waals surface area contributed by atoms with Gasteiger partial charge < -0.3 is 9.80 Å². The van der Waals surface area contributed by atoms with E-state index in [9.17, 15) is 0 Å². The number of unbranched alkanes of at least 4 members (excludes halogenated alkanes) is 3. The second-order valence-corrected chi connectivity index (χ2v) is 4.77. The molecular formula is C13H26N2. The van der Waals surface area contributed by atoms with E-state index in [1.54, 1.807) is 0 Å². The van der Waals surface area contributed by atoms with Gasteiger partial charge in [-0.2, -0.15) is 0 Å². The zero-order valence-electron chi connectivity index (χ0n) is 10.7. The lowest BCUT2D eigenvalue weighted by atomic mass is 10.2. The molecule has 15 heavy (non-hydrogen) atoms. The average Bonchev–Trinajstić information content (AvgIpc) is 2.55. The molecular weight excluding hydrogens is 184 g/mol. The molecule has 2 heteroatoms. The zero-order chi connectivity index (χ0) is 11.3. The summed E-state index contributed by atoms with van der Waals surface area (Å²) in [4.78, 5) is 4.87. The van der Waals surface area contributed by atoms with Gasteiger partial charge in [0.1, 0.15) is 0 Å². The molecule has 1 atom stereocenters. The van der Waals surface area contributed by atoms with E-state index in [2.05, 4.69) is 49.9 Å². The van der Waals surface area contributed by atoms with Gasteiger partial charge in [0.2, 0.25) is 0 Å². The quantitative estimate of drug-likeness (QED) is 0.620. The molecule has 0 bridgehead atoms. The molecule has 88 valence electrons. The van der Waals surface area contributed by atoms with Crippen LogP contribution in [0.4, 0.5) is 0 Å². The minimum atomic E-state index is 0.548. The van der Waals surface area contributed by atoms with Crippen molar-refractivity contribution >= 4 is 0 Å². The second kappa shape index (κ2) is 6.04. The van der Waals surface area contributed by atoms with Crippen LogP contribution in [0.3, 0.4) is 0 Å². The Bertz CT molecular complexity index is 199. The summed E-state index contributed by atoms with van der Waals surface area (Å²) in [5.74, 6) is 0. The van der Waals surface area contributed by atoms with Crippen molar-refractivity contribution in [2.75, 3.05) is 6.54 Å². The molecule has 2 nitrogen and oxygen atoms in total. The Morgan fingerprint density at radius 2 is 1.87 bits per heavy atom. The Hall–Kier alpha value is -0.660. The predicted molar refractivity (Wildman–Crippen MR) is 66.4 cm³/mol. The Morgan fingerprint density at radius 3 is 2.40 bits per heavy atom. The molecule has 1 unspecified atom stereocenters. The SMILES string of the molecule is CCCCCCN1C=CN(C(C)C)C1C. The fourth-order valence-electron chi connectivity index (χ4n) is 2.17. The molecule has 0 radical (unpaired) electrons. The standard InChI is InChI=1S/C13H26N2/c1-5-6-7-8-9-14-10-11-15(12(2)3)13(14)4/h10-13H,5-9H2,1-4H3. The van der Waals surface area contributed by atoms with Crippen LogP contribution >= 0.6 is 0 Å². The van der Waals surface area contributed by atoms with Crippen LogP contribution < -0.4 is 0 Å². The molecule has 1 aliphatic heterocycles. The van der Waals surface area contributed by atoms with E-state index in [1.165, 1.54) is 32.2 Å². The van der Waals surface area contributed by atoms with Crippen LogP contribution in [-0.2, 0) is 0 Å². The summed E-state index contributed by atoms with van der Waals surface area (Å²) in [6.45, 7) is 10.3. The highest BCUT2D eigenvalue weighted by atomic mass is 15.4. The first-order valence-electron chi connectivity index (χ1n) is 6.38. The van der Waals surface area contributed by atoms with E-state index < -0.39 is 0 Å². The van der Waals surface area contributed by atoms with E-state index >= 15 is 0 Å². The molecule has 1 aliphatic rings. The first-order chi connectivity index (χ1) is 7.16. The molecule has 0 aliphatic carbocycles. The lowest BCUT2D eigenvalue weighted by Gasteiger charge is -2.32. The van der Waals surface area contributed by atoms with Crippen LogP contribution in [0.15, 0.2) is 12.4 Å². The summed E-state index contributed by atoms with van der Waals surface area (Å²) in [5.41, 5.74) is 0. The maximum atomic E-state index is 2.45. The first-order valence-corrected chi connectivity index (χ1v) is 6.38. The predicted octanol–water partition coefficient (Wildman–Crippen LogP) is 3.41. The minimum Gasteiger partial charge on any atom is -0.356 e. The van der Waals surface area contributed by atoms with Crippen LogP contribution in [0.2, 0.25) is 0 Å². The van der Waals surface area contributed by atoms with Gasteiger partial charge in [0.25, 0.3) is 0 Å². The van der Waals surface area contributed by atoms with Gasteiger partial charge >= 0.3 is 0 Å². The molecule has 0 fully saturated rings. The molecule has 0 amide bonds. The number of hydrogen-bond donors (Lipinski definition) is 0. The summed E-state index contributed by atoms with van der Waals surface area (Å²) in [6, 6.07) is 0.608. The number of hydrogen-bond acceptors (Lipinski definition) is 2. The third-order valence-corrected chi connectivity index (χ3v) is 3.21. The van der Waals surface area contributed by atoms with Gasteiger partial charge in [-0.15, -0.1) is 0 Å². The van der Waals surface area contributed by atoms with Crippen LogP contribution in [0.1, 0.15) is 53.4 Å². The third kappa shape index (κ3) is 3.44. The van der Waals surface area contributed by atoms with Crippen LogP contribution in [0, 0.1) is 0 Å². The molecule has 0 saturated carbocycles. The van der Waals surface area contributed by atoms with Crippen molar-refractivity contribution in [3.05, 3.63) is 12.4 Å². The van der Waals surface area contributed by atoms with Crippen molar-refractivity contribution < 1.29 is 0 Å². The van der Waals surface area contributed by atoms with E-state index in [1.807, 2.05) is 0 Å². The monoisotopic (exact) mass is 210 g/mol. The van der Waals surface area contributed by atoms with Gasteiger partial charge in [0, 0.05) is 25.0 Å². The van der Waals surface area contributed by atoms with Crippen LogP contribution in [0.25, 0.3) is 0 Å². The molecule has 0 N–H and O–H groups in total. The molecule has 0 spiro atoms. The Morgan fingerprint density at radius 1 is 1.13 bits per heavy atom. The van der Waals surface area contributed by atoms with Crippen molar-refractivity contribution in [2.45, 2.75) is 65.6 Å². The van der Waals surface area contributed by atoms with Gasteiger partial charge in [-0.25, -0.2) is 0 Å². The fourth-order valence-corrected chi connectivity index (χ4v) is 2.17. The molecule has 0 aromatic carbocycles. The van der Waals surface area contributed by atoms with Gasteiger partial charge in [-0.3, -0.25) is 0 Å². The molecule has 0 aromatic heterocycles. The smallest absolute Gasteiger partial charge is 0.0980 e. The Labute approximate surface area is 94.9 Å². The summed E-state index contributed by atoms with van der Waals surface area (Å²) in [6.07, 6.45) is 10.4. The lowest BCUT2D eigenvalue weighted by molar-refractivity contribution is 0.141. The largest absolute Gasteiger partial charge is 0.356 e. The highest BCUT2D eigenvalue weighted by Gasteiger charge is 2.22. The summed E-state index contributed by atoms with van der Waals surface area (Å²) >= 11 is 0. The van der Waals surface area contributed by atoms with Crippen molar-refractivity contribution in [2.24, 2.45) is 0 Å². The lowest BCUT2D eigenvalue weighted by Crippen LogP contribution is -2.39. The third-order valence-electron chi connectivity index (χ3n) is 3.21. The topological polar surface area (TPSA) is 6.48 Å². The van der Waals surface area contributed by atoms with Crippen molar-refractivity contribution in [3.63, 3.8) is 0 Å². The van der Waals surface area contributed by atoms with E-state index in [-0.39, 0.29) is 0 Å². The normalized spacial score (nSPS) is 20.7. The Balaban J connectivity index is 2.25. The van der Waals surface area contributed by atoms with Gasteiger partial charge in [0.05, 0.1) is 6.17 Å². The maximum absolute atomic E-state index is 2.45. The van der Waals surface area contributed by atoms with Crippen LogP contribution in [-0.4, -0.2) is 28.6 Å². The minimum absolute atomic E-state index is 0.548. The van der Waals surface area contributed by atoms with Crippen molar-refractivity contribution in [1.29, 1.82) is 0 Å². The zero-order valence-corrected chi connectivity index (χ0v) is 10.7. The van der Waals surface area contributed by atoms with Gasteiger partial charge in [-0.05, 0) is 27.2 Å². The van der Waals surface area contributed by atoms with Crippen molar-refractivity contribution in [3.8, 4) is 0 Å². The van der Waals surface area contributed by atoms with Crippen LogP contribution in [0.5, 0.6) is 0 Å². The molecule has 1 rings (SSSR count). The fraction of sp³-hybridized carbons (Fsp3) is 0.846. The maximum Gasteiger partial charge on any atom is 0.0980 e. The van der Waals surface area contributed by atoms with Crippen molar-refractivity contribution in [1.82, 2.24) is 9.80 Å². The first kappa shape index (κ1) is 12.4. The number of nitrogens with zero attached hydrogens (tertiary/aromatic N) is 2. The highest BCUT2D eigenvalue weighted by molar-refractivity contribution is 4.96. The summed E-state index contributed by atoms with van der Waals surface area (Å²) < 4.78 is 0. The average molecular weight is 210 g/mol. The van der Waals surface area contributed by atoms with Gasteiger partial charge in [0.15, 0.2) is 0 Å². The van der Waals surface area contributed by atoms with E-state index in [4.69, 9.17) is 0 Å². The van der Waals surface area contributed by atoms with Gasteiger partial charge in [-0.1, -0.05) is 26.2 Å². The molecule has 0 aromatic rings. The van der Waals surface area contributed by atoms with E-state index in [0.717, 1.165) is 0 Å². The summed E-state index contributed by atoms with van der Waals surface area (Å²) in [7, 11) is 0. The summed E-state index contributed by atoms with van der Waals surface area (Å²) in [5, 5.41) is 0. The number of rotatable bonds is 6. The van der Waals surface area contributed by atoms with E-state index in [0.29, 0.717) is 12.2 Å². The molecule has 1 heterocycles. The highest BCUT2D eigenvalue weighted by Crippen LogP contribution is 2.18. The Kier molecular flexibility index (Phi) is 5.00. The second-order valence-electron chi connectivity index (χ2n) is 4.77.